The molecule has 2 aromatic carbocycles. The van der Waals surface area contributed by atoms with E-state index in [1.54, 1.807) is 23.5 Å². The first kappa shape index (κ1) is 23.4. The molecule has 0 radical (unpaired) electrons. The third kappa shape index (κ3) is 6.60. The number of primary sulfonamides is 1. The fourth-order valence-corrected chi connectivity index (χ4v) is 5.10. The smallest absolute Gasteiger partial charge is 0.277 e. The van der Waals surface area contributed by atoms with Gasteiger partial charge in [0.15, 0.2) is 0 Å². The molecule has 0 saturated heterocycles. The molecule has 1 amide bonds. The summed E-state index contributed by atoms with van der Waals surface area (Å²) in [5.41, 5.74) is 1.89. The van der Waals surface area contributed by atoms with Crippen LogP contribution in [0.25, 0.3) is 10.2 Å². The summed E-state index contributed by atoms with van der Waals surface area (Å²) >= 11 is 2.83. The van der Waals surface area contributed by atoms with Crippen LogP contribution in [0.1, 0.15) is 16.5 Å². The quantitative estimate of drug-likeness (QED) is 0.315. The minimum atomic E-state index is -3.70. The summed E-state index contributed by atoms with van der Waals surface area (Å²) in [4.78, 5) is 16.7. The number of benzene rings is 2. The molecule has 4 aromatic rings. The number of thiazole rings is 1. The number of rotatable bonds is 10. The fraction of sp³-hybridized carbons (Fsp3) is 0.238. The second-order valence-corrected chi connectivity index (χ2v) is 10.7. The van der Waals surface area contributed by atoms with Crippen LogP contribution in [0.2, 0.25) is 0 Å². The van der Waals surface area contributed by atoms with E-state index in [0.29, 0.717) is 36.9 Å². The standard InChI is InChI=1S/C21H21N5O4S3/c22-33(28,29)15-7-5-14(6-8-15)11-12-23-18(27)13-31-21-26-25-19(30-21)9-10-20-24-16-3-1-2-4-17(16)32-20/h1-8H,9-13H2,(H,23,27)(H2,22,28,29). The van der Waals surface area contributed by atoms with Crippen LogP contribution in [0.5, 0.6) is 0 Å². The van der Waals surface area contributed by atoms with Gasteiger partial charge in [-0.05, 0) is 36.2 Å². The van der Waals surface area contributed by atoms with Gasteiger partial charge in [0.1, 0.15) is 0 Å². The second kappa shape index (κ2) is 10.4. The van der Waals surface area contributed by atoms with Crippen LogP contribution in [0.3, 0.4) is 0 Å². The summed E-state index contributed by atoms with van der Waals surface area (Å²) < 4.78 is 29.3. The first-order valence-electron chi connectivity index (χ1n) is 10.0. The average Bonchev–Trinajstić information content (AvgIpc) is 3.42. The van der Waals surface area contributed by atoms with Gasteiger partial charge in [0.25, 0.3) is 5.22 Å². The lowest BCUT2D eigenvalue weighted by Gasteiger charge is -2.05. The predicted molar refractivity (Wildman–Crippen MR) is 127 cm³/mol. The van der Waals surface area contributed by atoms with Gasteiger partial charge in [-0.1, -0.05) is 36.0 Å². The molecular weight excluding hydrogens is 482 g/mol. The number of carbonyl (C=O) groups excluding carboxylic acids is 1. The number of nitrogens with two attached hydrogens (primary N) is 1. The minimum Gasteiger partial charge on any atom is -0.416 e. The molecule has 12 heteroatoms. The maximum Gasteiger partial charge on any atom is 0.277 e. The zero-order chi connectivity index (χ0) is 23.3. The van der Waals surface area contributed by atoms with E-state index in [4.69, 9.17) is 9.56 Å². The van der Waals surface area contributed by atoms with Crippen molar-refractivity contribution >= 4 is 49.2 Å². The normalized spacial score (nSPS) is 11.7. The predicted octanol–water partition coefficient (Wildman–Crippen LogP) is 2.56. The maximum atomic E-state index is 12.1. The van der Waals surface area contributed by atoms with E-state index in [1.807, 2.05) is 24.3 Å². The zero-order valence-electron chi connectivity index (χ0n) is 17.4. The van der Waals surface area contributed by atoms with Crippen molar-refractivity contribution in [3.63, 3.8) is 0 Å². The van der Waals surface area contributed by atoms with Gasteiger partial charge in [-0.3, -0.25) is 4.79 Å². The highest BCUT2D eigenvalue weighted by Crippen LogP contribution is 2.23. The molecule has 0 spiro atoms. The molecule has 3 N–H and O–H groups in total. The van der Waals surface area contributed by atoms with E-state index in [2.05, 4.69) is 20.5 Å². The number of fused-ring (bicyclic) bond motifs is 1. The highest BCUT2D eigenvalue weighted by Gasteiger charge is 2.12. The first-order chi connectivity index (χ1) is 15.9. The molecule has 0 aliphatic rings. The van der Waals surface area contributed by atoms with Gasteiger partial charge in [0, 0.05) is 19.4 Å². The SMILES string of the molecule is NS(=O)(=O)c1ccc(CCNC(=O)CSc2nnc(CCc3nc4ccccc4s3)o2)cc1. The third-order valence-corrected chi connectivity index (χ3v) is 7.50. The number of aromatic nitrogens is 3. The van der Waals surface area contributed by atoms with Gasteiger partial charge < -0.3 is 9.73 Å². The number of carbonyl (C=O) groups is 1. The zero-order valence-corrected chi connectivity index (χ0v) is 19.9. The van der Waals surface area contributed by atoms with Crippen molar-refractivity contribution < 1.29 is 17.6 Å². The van der Waals surface area contributed by atoms with Crippen molar-refractivity contribution in [1.82, 2.24) is 20.5 Å². The summed E-state index contributed by atoms with van der Waals surface area (Å²) in [6.07, 6.45) is 1.87. The van der Waals surface area contributed by atoms with E-state index in [1.165, 1.54) is 23.9 Å². The monoisotopic (exact) mass is 503 g/mol. The van der Waals surface area contributed by atoms with Crippen LogP contribution in [-0.2, 0) is 34.1 Å². The second-order valence-electron chi connectivity index (χ2n) is 7.11. The van der Waals surface area contributed by atoms with E-state index < -0.39 is 10.0 Å². The van der Waals surface area contributed by atoms with Gasteiger partial charge >= 0.3 is 0 Å². The topological polar surface area (TPSA) is 141 Å². The van der Waals surface area contributed by atoms with Gasteiger partial charge in [-0.25, -0.2) is 18.5 Å². The lowest BCUT2D eigenvalue weighted by Crippen LogP contribution is -2.27. The lowest BCUT2D eigenvalue weighted by atomic mass is 10.1. The molecule has 0 bridgehead atoms. The van der Waals surface area contributed by atoms with Crippen molar-refractivity contribution in [3.05, 3.63) is 65.0 Å². The number of thioether (sulfide) groups is 1. The van der Waals surface area contributed by atoms with Crippen molar-refractivity contribution in [2.45, 2.75) is 29.4 Å². The Morgan fingerprint density at radius 2 is 1.85 bits per heavy atom. The minimum absolute atomic E-state index is 0.0608. The molecule has 0 aliphatic carbocycles. The summed E-state index contributed by atoms with van der Waals surface area (Å²) in [5.74, 6) is 0.514. The Morgan fingerprint density at radius 1 is 1.06 bits per heavy atom. The molecule has 4 rings (SSSR count). The Kier molecular flexibility index (Phi) is 7.38. The summed E-state index contributed by atoms with van der Waals surface area (Å²) in [6, 6.07) is 14.3. The highest BCUT2D eigenvalue weighted by atomic mass is 32.2. The molecule has 2 aromatic heterocycles. The maximum absolute atomic E-state index is 12.1. The highest BCUT2D eigenvalue weighted by molar-refractivity contribution is 7.99. The summed E-state index contributed by atoms with van der Waals surface area (Å²) in [5, 5.41) is 17.3. The van der Waals surface area contributed by atoms with Gasteiger partial charge in [0.2, 0.25) is 21.8 Å². The average molecular weight is 504 g/mol. The fourth-order valence-electron chi connectivity index (χ4n) is 3.01. The Hall–Kier alpha value is -2.80. The van der Waals surface area contributed by atoms with E-state index >= 15 is 0 Å². The van der Waals surface area contributed by atoms with Crippen LogP contribution in [0.15, 0.2) is 63.1 Å². The van der Waals surface area contributed by atoms with Crippen LogP contribution < -0.4 is 10.5 Å². The van der Waals surface area contributed by atoms with Crippen molar-refractivity contribution in [2.75, 3.05) is 12.3 Å². The number of para-hydroxylation sites is 1. The lowest BCUT2D eigenvalue weighted by molar-refractivity contribution is -0.118. The molecule has 0 unspecified atom stereocenters. The molecule has 172 valence electrons. The Bertz CT molecular complexity index is 1320. The van der Waals surface area contributed by atoms with Gasteiger partial charge in [-0.2, -0.15) is 0 Å². The Balaban J connectivity index is 1.17. The molecule has 0 atom stereocenters. The van der Waals surface area contributed by atoms with Crippen molar-refractivity contribution in [2.24, 2.45) is 5.14 Å². The molecule has 33 heavy (non-hydrogen) atoms. The number of hydrogen-bond donors (Lipinski definition) is 2. The Labute approximate surface area is 198 Å². The molecule has 2 heterocycles. The van der Waals surface area contributed by atoms with Crippen molar-refractivity contribution in [1.29, 1.82) is 0 Å². The molecule has 0 aliphatic heterocycles. The summed E-state index contributed by atoms with van der Waals surface area (Å²) in [6.45, 7) is 0.422. The molecule has 9 nitrogen and oxygen atoms in total. The molecule has 0 saturated carbocycles. The number of nitrogens with one attached hydrogen (secondary N) is 1. The van der Waals surface area contributed by atoms with Crippen LogP contribution in [-0.4, -0.2) is 41.8 Å². The van der Waals surface area contributed by atoms with Crippen LogP contribution in [0.4, 0.5) is 0 Å². The largest absolute Gasteiger partial charge is 0.416 e. The summed E-state index contributed by atoms with van der Waals surface area (Å²) in [7, 11) is -3.70. The molecular formula is C21H21N5O4S3. The Morgan fingerprint density at radius 3 is 2.61 bits per heavy atom. The number of amides is 1. The number of aryl methyl sites for hydroxylation is 2. The number of nitrogens with zero attached hydrogens (tertiary/aromatic N) is 3. The van der Waals surface area contributed by atoms with E-state index in [-0.39, 0.29) is 16.6 Å². The van der Waals surface area contributed by atoms with Crippen molar-refractivity contribution in [3.8, 4) is 0 Å². The number of sulfonamides is 1. The van der Waals surface area contributed by atoms with E-state index in [0.717, 1.165) is 20.8 Å². The van der Waals surface area contributed by atoms with Gasteiger partial charge in [-0.15, -0.1) is 21.5 Å². The number of hydrogen-bond acceptors (Lipinski definition) is 9. The van der Waals surface area contributed by atoms with Crippen LogP contribution in [0, 0.1) is 0 Å². The molecule has 0 fully saturated rings. The van der Waals surface area contributed by atoms with Crippen LogP contribution >= 0.6 is 23.1 Å². The van der Waals surface area contributed by atoms with Gasteiger partial charge in [0.05, 0.1) is 25.9 Å². The third-order valence-electron chi connectivity index (χ3n) is 4.65. The first-order valence-corrected chi connectivity index (χ1v) is 13.4. The van der Waals surface area contributed by atoms with E-state index in [9.17, 15) is 13.2 Å².